The van der Waals surface area contributed by atoms with Crippen LogP contribution in [-0.4, -0.2) is 87.1 Å². The van der Waals surface area contributed by atoms with E-state index in [2.05, 4.69) is 45.9 Å². The Hall–Kier alpha value is -4.48. The van der Waals surface area contributed by atoms with Gasteiger partial charge in [0.25, 0.3) is 17.4 Å². The lowest BCUT2D eigenvalue weighted by Crippen LogP contribution is -2.46. The number of aliphatic hydroxyl groups excluding tert-OH is 1. The number of amides is 2. The van der Waals surface area contributed by atoms with Crippen LogP contribution in [0.4, 0.5) is 5.69 Å². The number of carbonyl (C=O) groups is 2. The fraction of sp³-hybridized carbons (Fsp3) is 0.412. The standard InChI is InChI=1S/C34H40N6O5/c1-19-7-6-8-24(34(2,3)4)29(19)45-18-21(41)17-36-25-9-12-35-31(42)28(25)30-37-26-15-22-23(16-27(26)38-30)33(44)40(32(22)43)20-10-13-39(5)14-11-20/h6-9,12,15-16,20-21,41H,10-11,13-14,17-18H2,1-5H3,(H,37,38)(H2,35,36,42). The lowest BCUT2D eigenvalue weighted by atomic mass is 9.85. The molecule has 0 aliphatic carbocycles. The van der Waals surface area contributed by atoms with Crippen molar-refractivity contribution in [1.82, 2.24) is 24.8 Å². The Morgan fingerprint density at radius 3 is 2.51 bits per heavy atom. The van der Waals surface area contributed by atoms with Crippen LogP contribution >= 0.6 is 0 Å². The average molecular weight is 613 g/mol. The number of nitrogens with one attached hydrogen (secondary N) is 3. The summed E-state index contributed by atoms with van der Waals surface area (Å²) in [6, 6.07) is 10.9. The molecule has 1 fully saturated rings. The number of para-hydroxylation sites is 1. The van der Waals surface area contributed by atoms with Gasteiger partial charge in [0.1, 0.15) is 29.8 Å². The first-order valence-corrected chi connectivity index (χ1v) is 15.4. The topological polar surface area (TPSA) is 144 Å². The van der Waals surface area contributed by atoms with Gasteiger partial charge < -0.3 is 30.0 Å². The number of aliphatic hydroxyl groups is 1. The Morgan fingerprint density at radius 1 is 1.09 bits per heavy atom. The smallest absolute Gasteiger partial charge is 0.261 e. The molecule has 2 aromatic carbocycles. The van der Waals surface area contributed by atoms with Gasteiger partial charge in [-0.25, -0.2) is 4.98 Å². The molecule has 6 rings (SSSR count). The number of aryl methyl sites for hydroxylation is 1. The second kappa shape index (κ2) is 11.8. The van der Waals surface area contributed by atoms with Crippen LogP contribution in [0.25, 0.3) is 22.4 Å². The number of carbonyl (C=O) groups excluding carboxylic acids is 2. The number of imide groups is 1. The van der Waals surface area contributed by atoms with E-state index in [0.29, 0.717) is 27.8 Å². The molecule has 11 heteroatoms. The van der Waals surface area contributed by atoms with Crippen LogP contribution in [0.3, 0.4) is 0 Å². The van der Waals surface area contributed by atoms with Gasteiger partial charge in [0.2, 0.25) is 0 Å². The van der Waals surface area contributed by atoms with Gasteiger partial charge in [0.05, 0.1) is 27.8 Å². The minimum atomic E-state index is -0.868. The molecule has 2 amide bonds. The van der Waals surface area contributed by atoms with Crippen LogP contribution in [0.2, 0.25) is 0 Å². The van der Waals surface area contributed by atoms with E-state index in [4.69, 9.17) is 4.74 Å². The van der Waals surface area contributed by atoms with Crippen molar-refractivity contribution in [3.05, 3.63) is 75.2 Å². The zero-order valence-electron chi connectivity index (χ0n) is 26.4. The SMILES string of the molecule is Cc1cccc(C(C)(C)C)c1OCC(O)CNc1cc[nH]c(=O)c1-c1nc2cc3c(cc2[nH]1)C(=O)N(C1CCN(C)CC1)C3=O. The van der Waals surface area contributed by atoms with Crippen molar-refractivity contribution in [1.29, 1.82) is 0 Å². The number of imidazole rings is 1. The fourth-order valence-corrected chi connectivity index (χ4v) is 6.23. The average Bonchev–Trinajstić information content (AvgIpc) is 3.51. The molecule has 4 aromatic rings. The van der Waals surface area contributed by atoms with Gasteiger partial charge >= 0.3 is 0 Å². The summed E-state index contributed by atoms with van der Waals surface area (Å²) in [5, 5.41) is 14.0. The summed E-state index contributed by atoms with van der Waals surface area (Å²) in [5.41, 5.74) is 3.97. The second-order valence-corrected chi connectivity index (χ2v) is 13.2. The number of aromatic amines is 2. The van der Waals surface area contributed by atoms with Crippen molar-refractivity contribution in [2.75, 3.05) is 38.6 Å². The lowest BCUT2D eigenvalue weighted by molar-refractivity contribution is 0.0516. The number of nitrogens with zero attached hydrogens (tertiary/aromatic N) is 3. The lowest BCUT2D eigenvalue weighted by Gasteiger charge is -2.33. The Kier molecular flexibility index (Phi) is 8.00. The van der Waals surface area contributed by atoms with Crippen molar-refractivity contribution in [3.8, 4) is 17.1 Å². The van der Waals surface area contributed by atoms with Crippen molar-refractivity contribution < 1.29 is 19.4 Å². The largest absolute Gasteiger partial charge is 0.490 e. The minimum absolute atomic E-state index is 0.0618. The number of hydrogen-bond donors (Lipinski definition) is 4. The maximum absolute atomic E-state index is 13.4. The van der Waals surface area contributed by atoms with Crippen LogP contribution < -0.4 is 15.6 Å². The number of piperidine rings is 1. The number of anilines is 1. The van der Waals surface area contributed by atoms with E-state index in [9.17, 15) is 19.5 Å². The number of benzene rings is 2. The van der Waals surface area contributed by atoms with E-state index in [0.717, 1.165) is 42.8 Å². The van der Waals surface area contributed by atoms with Crippen molar-refractivity contribution in [2.45, 2.75) is 58.1 Å². The number of rotatable bonds is 8. The highest BCUT2D eigenvalue weighted by atomic mass is 16.5. The summed E-state index contributed by atoms with van der Waals surface area (Å²) in [5.74, 6) is 0.457. The van der Waals surface area contributed by atoms with Crippen LogP contribution in [-0.2, 0) is 5.41 Å². The Balaban J connectivity index is 1.20. The highest BCUT2D eigenvalue weighted by molar-refractivity contribution is 6.23. The molecule has 1 saturated heterocycles. The predicted molar refractivity (Wildman–Crippen MR) is 173 cm³/mol. The molecule has 1 unspecified atom stereocenters. The van der Waals surface area contributed by atoms with E-state index in [1.807, 2.05) is 32.2 Å². The zero-order valence-corrected chi connectivity index (χ0v) is 26.4. The number of aromatic nitrogens is 3. The van der Waals surface area contributed by atoms with Gasteiger partial charge in [0.15, 0.2) is 0 Å². The molecule has 2 aromatic heterocycles. The summed E-state index contributed by atoms with van der Waals surface area (Å²) in [7, 11) is 2.04. The molecule has 0 spiro atoms. The van der Waals surface area contributed by atoms with Crippen molar-refractivity contribution >= 4 is 28.5 Å². The minimum Gasteiger partial charge on any atom is -0.490 e. The zero-order chi connectivity index (χ0) is 32.0. The van der Waals surface area contributed by atoms with Crippen LogP contribution in [0, 0.1) is 6.92 Å². The van der Waals surface area contributed by atoms with Crippen LogP contribution in [0.5, 0.6) is 5.75 Å². The Bertz CT molecular complexity index is 1780. The van der Waals surface area contributed by atoms with Gasteiger partial charge in [0, 0.05) is 18.8 Å². The van der Waals surface area contributed by atoms with E-state index in [1.165, 1.54) is 11.1 Å². The van der Waals surface area contributed by atoms with Gasteiger partial charge in [-0.2, -0.15) is 0 Å². The third-order valence-electron chi connectivity index (χ3n) is 8.74. The highest BCUT2D eigenvalue weighted by Crippen LogP contribution is 2.35. The Labute approximate surface area is 261 Å². The molecular weight excluding hydrogens is 572 g/mol. The first kappa shape index (κ1) is 30.5. The normalized spacial score (nSPS) is 16.8. The summed E-state index contributed by atoms with van der Waals surface area (Å²) in [6.07, 6.45) is 2.15. The van der Waals surface area contributed by atoms with Gasteiger partial charge in [-0.1, -0.05) is 39.0 Å². The molecule has 236 valence electrons. The highest BCUT2D eigenvalue weighted by Gasteiger charge is 2.41. The number of likely N-dealkylation sites (tertiary alicyclic amines) is 1. The number of pyridine rings is 1. The monoisotopic (exact) mass is 612 g/mol. The summed E-state index contributed by atoms with van der Waals surface area (Å²) >= 11 is 0. The predicted octanol–water partition coefficient (Wildman–Crippen LogP) is 4.07. The van der Waals surface area contributed by atoms with Gasteiger partial charge in [-0.15, -0.1) is 0 Å². The third-order valence-corrected chi connectivity index (χ3v) is 8.74. The first-order valence-electron chi connectivity index (χ1n) is 15.4. The first-order chi connectivity index (χ1) is 21.4. The van der Waals surface area contributed by atoms with E-state index >= 15 is 0 Å². The van der Waals surface area contributed by atoms with E-state index in [-0.39, 0.29) is 53.4 Å². The quantitative estimate of drug-likeness (QED) is 0.218. The molecular formula is C34H40N6O5. The van der Waals surface area contributed by atoms with Crippen molar-refractivity contribution in [3.63, 3.8) is 0 Å². The summed E-state index contributed by atoms with van der Waals surface area (Å²) in [6.45, 7) is 10.2. The van der Waals surface area contributed by atoms with Crippen LogP contribution in [0.15, 0.2) is 47.4 Å². The molecule has 2 aliphatic heterocycles. The fourth-order valence-electron chi connectivity index (χ4n) is 6.23. The molecule has 4 heterocycles. The number of hydrogen-bond acceptors (Lipinski definition) is 8. The molecule has 45 heavy (non-hydrogen) atoms. The summed E-state index contributed by atoms with van der Waals surface area (Å²) < 4.78 is 6.09. The molecule has 0 bridgehead atoms. The van der Waals surface area contributed by atoms with E-state index in [1.54, 1.807) is 18.2 Å². The molecule has 1 atom stereocenters. The van der Waals surface area contributed by atoms with E-state index < -0.39 is 6.10 Å². The molecule has 4 N–H and O–H groups in total. The van der Waals surface area contributed by atoms with Gasteiger partial charge in [-0.05, 0) is 74.6 Å². The van der Waals surface area contributed by atoms with Gasteiger partial charge in [-0.3, -0.25) is 19.3 Å². The number of fused-ring (bicyclic) bond motifs is 2. The Morgan fingerprint density at radius 2 is 1.80 bits per heavy atom. The number of H-pyrrole nitrogens is 2. The summed E-state index contributed by atoms with van der Waals surface area (Å²) in [4.78, 5) is 53.8. The maximum Gasteiger partial charge on any atom is 0.261 e. The molecule has 2 aliphatic rings. The maximum atomic E-state index is 13.4. The molecule has 0 saturated carbocycles. The second-order valence-electron chi connectivity index (χ2n) is 13.2. The molecule has 0 radical (unpaired) electrons. The third kappa shape index (κ3) is 5.85. The van der Waals surface area contributed by atoms with Crippen LogP contribution in [0.1, 0.15) is 65.5 Å². The molecule has 11 nitrogen and oxygen atoms in total. The van der Waals surface area contributed by atoms with Crippen molar-refractivity contribution in [2.24, 2.45) is 0 Å². The number of ether oxygens (including phenoxy) is 1.